The van der Waals surface area contributed by atoms with Crippen LogP contribution in [0.2, 0.25) is 0 Å². The smallest absolute Gasteiger partial charge is 0.253 e. The van der Waals surface area contributed by atoms with Crippen LogP contribution in [0.5, 0.6) is 5.75 Å². The van der Waals surface area contributed by atoms with E-state index in [1.54, 1.807) is 13.3 Å². The second-order valence-electron chi connectivity index (χ2n) is 9.31. The van der Waals surface area contributed by atoms with Crippen LogP contribution in [-0.4, -0.2) is 40.6 Å². The van der Waals surface area contributed by atoms with Crippen molar-refractivity contribution < 1.29 is 9.53 Å². The molecule has 1 amide bonds. The van der Waals surface area contributed by atoms with Crippen molar-refractivity contribution in [3.63, 3.8) is 0 Å². The van der Waals surface area contributed by atoms with E-state index in [-0.39, 0.29) is 5.91 Å². The van der Waals surface area contributed by atoms with Gasteiger partial charge >= 0.3 is 0 Å². The number of likely N-dealkylation sites (tertiary alicyclic amines) is 1. The number of fused-ring (bicyclic) bond motifs is 1. The fourth-order valence-electron chi connectivity index (χ4n) is 5.65. The molecule has 5 nitrogen and oxygen atoms in total. The van der Waals surface area contributed by atoms with E-state index in [4.69, 9.17) is 4.74 Å². The number of rotatable bonds is 6. The van der Waals surface area contributed by atoms with Gasteiger partial charge in [0, 0.05) is 37.6 Å². The quantitative estimate of drug-likeness (QED) is 0.572. The summed E-state index contributed by atoms with van der Waals surface area (Å²) in [6.07, 6.45) is 10.4. The van der Waals surface area contributed by atoms with Crippen molar-refractivity contribution >= 4 is 5.91 Å². The van der Waals surface area contributed by atoms with Crippen molar-refractivity contribution in [2.45, 2.75) is 32.2 Å². The normalized spacial score (nSPS) is 22.5. The van der Waals surface area contributed by atoms with Gasteiger partial charge in [0.05, 0.1) is 13.4 Å². The van der Waals surface area contributed by atoms with Crippen LogP contribution in [-0.2, 0) is 13.0 Å². The van der Waals surface area contributed by atoms with Gasteiger partial charge in [0.2, 0.25) is 0 Å². The predicted molar refractivity (Wildman–Crippen MR) is 125 cm³/mol. The first kappa shape index (κ1) is 20.8. The zero-order valence-corrected chi connectivity index (χ0v) is 18.7. The number of hydrogen-bond donors (Lipinski definition) is 0. The van der Waals surface area contributed by atoms with Crippen molar-refractivity contribution in [3.8, 4) is 5.75 Å². The van der Waals surface area contributed by atoms with Crippen LogP contribution in [0.4, 0.5) is 0 Å². The highest BCUT2D eigenvalue weighted by molar-refractivity contribution is 5.94. The zero-order valence-electron chi connectivity index (χ0n) is 18.7. The minimum Gasteiger partial charge on any atom is -0.497 e. The molecule has 3 atom stereocenters. The molecule has 3 aromatic rings. The standard InChI is InChI=1S/C27H31N3O2/c1-32-25-10-8-20(9-11-25)14-22-5-3-7-24-17-30(18-26(22)24)27(31)23-6-2-4-21(15-23)16-29-13-12-28-19-29/h2,4,6,8-13,15,19,22,24,26H,3,5,7,14,16-18H2,1H3/t22-,24-,26-/m1/s1. The van der Waals surface area contributed by atoms with E-state index in [1.165, 1.54) is 24.8 Å². The van der Waals surface area contributed by atoms with Gasteiger partial charge in [-0.15, -0.1) is 0 Å². The van der Waals surface area contributed by atoms with Crippen LogP contribution < -0.4 is 4.74 Å². The average Bonchev–Trinajstić information content (AvgIpc) is 3.50. The van der Waals surface area contributed by atoms with Crippen LogP contribution in [0.1, 0.15) is 40.7 Å². The number of amides is 1. The number of imidazole rings is 1. The maximum atomic E-state index is 13.4. The number of carbonyl (C=O) groups excluding carboxylic acids is 1. The van der Waals surface area contributed by atoms with Crippen LogP contribution >= 0.6 is 0 Å². The van der Waals surface area contributed by atoms with Gasteiger partial charge in [0.15, 0.2) is 0 Å². The topological polar surface area (TPSA) is 47.4 Å². The third kappa shape index (κ3) is 4.43. The second kappa shape index (κ2) is 9.19. The van der Waals surface area contributed by atoms with Gasteiger partial charge in [-0.1, -0.05) is 30.7 Å². The highest BCUT2D eigenvalue weighted by Crippen LogP contribution is 2.42. The first-order valence-electron chi connectivity index (χ1n) is 11.7. The number of methoxy groups -OCH3 is 1. The number of ether oxygens (including phenoxy) is 1. The van der Waals surface area contributed by atoms with Crippen molar-refractivity contribution in [3.05, 3.63) is 83.9 Å². The van der Waals surface area contributed by atoms with Crippen molar-refractivity contribution in [2.75, 3.05) is 20.2 Å². The van der Waals surface area contributed by atoms with E-state index in [9.17, 15) is 4.79 Å². The third-order valence-corrected chi connectivity index (χ3v) is 7.29. The summed E-state index contributed by atoms with van der Waals surface area (Å²) in [5, 5.41) is 0. The van der Waals surface area contributed by atoms with Gasteiger partial charge in [-0.3, -0.25) is 4.79 Å². The summed E-state index contributed by atoms with van der Waals surface area (Å²) in [5.74, 6) is 2.96. The van der Waals surface area contributed by atoms with E-state index in [0.29, 0.717) is 17.8 Å². The van der Waals surface area contributed by atoms with Crippen LogP contribution in [0, 0.1) is 17.8 Å². The largest absolute Gasteiger partial charge is 0.497 e. The maximum absolute atomic E-state index is 13.4. The highest BCUT2D eigenvalue weighted by atomic mass is 16.5. The van der Waals surface area contributed by atoms with E-state index < -0.39 is 0 Å². The summed E-state index contributed by atoms with van der Waals surface area (Å²) < 4.78 is 7.33. The summed E-state index contributed by atoms with van der Waals surface area (Å²) >= 11 is 0. The molecule has 166 valence electrons. The Kier molecular flexibility index (Phi) is 5.97. The van der Waals surface area contributed by atoms with E-state index in [2.05, 4.69) is 40.2 Å². The Morgan fingerprint density at radius 1 is 1.09 bits per heavy atom. The molecule has 1 aliphatic heterocycles. The molecule has 1 saturated carbocycles. The molecule has 0 bridgehead atoms. The van der Waals surface area contributed by atoms with Crippen molar-refractivity contribution in [1.29, 1.82) is 0 Å². The van der Waals surface area contributed by atoms with Crippen molar-refractivity contribution in [2.24, 2.45) is 17.8 Å². The Balaban J connectivity index is 1.26. The monoisotopic (exact) mass is 429 g/mol. The Morgan fingerprint density at radius 2 is 1.97 bits per heavy atom. The summed E-state index contributed by atoms with van der Waals surface area (Å²) in [6.45, 7) is 2.51. The van der Waals surface area contributed by atoms with Gasteiger partial charge < -0.3 is 14.2 Å². The first-order chi connectivity index (χ1) is 15.7. The Bertz CT molecular complexity index is 1050. The number of benzene rings is 2. The molecule has 1 aliphatic carbocycles. The lowest BCUT2D eigenvalue weighted by atomic mass is 9.71. The predicted octanol–water partition coefficient (Wildman–Crippen LogP) is 4.67. The molecule has 5 heteroatoms. The summed E-state index contributed by atoms with van der Waals surface area (Å²) in [7, 11) is 1.71. The lowest BCUT2D eigenvalue weighted by Gasteiger charge is -2.33. The van der Waals surface area contributed by atoms with Crippen LogP contribution in [0.25, 0.3) is 0 Å². The highest BCUT2D eigenvalue weighted by Gasteiger charge is 2.41. The lowest BCUT2D eigenvalue weighted by Crippen LogP contribution is -2.30. The molecule has 1 saturated heterocycles. The Morgan fingerprint density at radius 3 is 2.75 bits per heavy atom. The number of aromatic nitrogens is 2. The molecule has 0 radical (unpaired) electrons. The third-order valence-electron chi connectivity index (χ3n) is 7.29. The lowest BCUT2D eigenvalue weighted by molar-refractivity contribution is 0.0781. The minimum atomic E-state index is 0.176. The SMILES string of the molecule is COc1ccc(C[C@H]2CCC[C@@H]3CN(C(=O)c4cccc(Cn5ccnc5)c4)C[C@H]23)cc1. The maximum Gasteiger partial charge on any atom is 0.253 e. The second-order valence-corrected chi connectivity index (χ2v) is 9.31. The molecular weight excluding hydrogens is 398 g/mol. The van der Waals surface area contributed by atoms with E-state index in [1.807, 2.05) is 35.3 Å². The molecule has 2 fully saturated rings. The van der Waals surface area contributed by atoms with Gasteiger partial charge in [-0.25, -0.2) is 4.98 Å². The summed E-state index contributed by atoms with van der Waals surface area (Å²) in [6, 6.07) is 16.5. The summed E-state index contributed by atoms with van der Waals surface area (Å²) in [5.41, 5.74) is 3.30. The zero-order chi connectivity index (χ0) is 21.9. The fourth-order valence-corrected chi connectivity index (χ4v) is 5.65. The minimum absolute atomic E-state index is 0.176. The van der Waals surface area contributed by atoms with Crippen LogP contribution in [0.15, 0.2) is 67.3 Å². The molecule has 2 aromatic carbocycles. The Hall–Kier alpha value is -3.08. The van der Waals surface area contributed by atoms with Gasteiger partial charge in [0.25, 0.3) is 5.91 Å². The molecule has 2 aliphatic rings. The number of nitrogens with zero attached hydrogens (tertiary/aromatic N) is 3. The van der Waals surface area contributed by atoms with E-state index in [0.717, 1.165) is 42.9 Å². The fraction of sp³-hybridized carbons (Fsp3) is 0.407. The molecule has 32 heavy (non-hydrogen) atoms. The van der Waals surface area contributed by atoms with E-state index >= 15 is 0 Å². The van der Waals surface area contributed by atoms with Crippen molar-refractivity contribution in [1.82, 2.24) is 14.5 Å². The van der Waals surface area contributed by atoms with Gasteiger partial charge in [0.1, 0.15) is 5.75 Å². The van der Waals surface area contributed by atoms with Gasteiger partial charge in [-0.2, -0.15) is 0 Å². The molecule has 0 unspecified atom stereocenters. The average molecular weight is 430 g/mol. The molecule has 2 heterocycles. The van der Waals surface area contributed by atoms with Gasteiger partial charge in [-0.05, 0) is 72.4 Å². The molecular formula is C27H31N3O2. The number of carbonyl (C=O) groups is 1. The Labute approximate surface area is 190 Å². The molecule has 5 rings (SSSR count). The molecule has 1 aromatic heterocycles. The molecule has 0 spiro atoms. The first-order valence-corrected chi connectivity index (χ1v) is 11.7. The molecule has 0 N–H and O–H groups in total. The van der Waals surface area contributed by atoms with Crippen LogP contribution in [0.3, 0.4) is 0 Å². The number of hydrogen-bond acceptors (Lipinski definition) is 3. The summed E-state index contributed by atoms with van der Waals surface area (Å²) in [4.78, 5) is 19.6.